The molecule has 0 radical (unpaired) electrons. The second-order valence-electron chi connectivity index (χ2n) is 4.47. The summed E-state index contributed by atoms with van der Waals surface area (Å²) in [6.07, 6.45) is 2.72. The van der Waals surface area contributed by atoms with Gasteiger partial charge in [-0.05, 0) is 37.0 Å². The van der Waals surface area contributed by atoms with E-state index in [1.54, 1.807) is 25.2 Å². The van der Waals surface area contributed by atoms with E-state index in [2.05, 4.69) is 0 Å². The topological polar surface area (TPSA) is 63.4 Å². The van der Waals surface area contributed by atoms with Gasteiger partial charge in [0.25, 0.3) is 0 Å². The highest BCUT2D eigenvalue weighted by Crippen LogP contribution is 2.31. The number of benzene rings is 1. The van der Waals surface area contributed by atoms with E-state index in [1.807, 2.05) is 6.92 Å². The third-order valence-corrected chi connectivity index (χ3v) is 5.14. The molecule has 1 aliphatic carbocycles. The quantitative estimate of drug-likeness (QED) is 0.830. The van der Waals surface area contributed by atoms with E-state index in [-0.39, 0.29) is 6.04 Å². The maximum absolute atomic E-state index is 12.2. The molecule has 1 aromatic carbocycles. The molecule has 2 N–H and O–H groups in total. The summed E-state index contributed by atoms with van der Waals surface area (Å²) < 4.78 is 25.9. The van der Waals surface area contributed by atoms with Crippen molar-refractivity contribution in [3.05, 3.63) is 23.8 Å². The molecule has 0 atom stereocenters. The first kappa shape index (κ1) is 12.4. The maximum atomic E-state index is 12.2. The van der Waals surface area contributed by atoms with Gasteiger partial charge >= 0.3 is 0 Å². The first-order valence-electron chi connectivity index (χ1n) is 5.83. The molecule has 0 amide bonds. The Morgan fingerprint density at radius 3 is 2.53 bits per heavy atom. The van der Waals surface area contributed by atoms with E-state index >= 15 is 0 Å². The molecule has 1 aromatic rings. The van der Waals surface area contributed by atoms with Crippen molar-refractivity contribution in [1.29, 1.82) is 0 Å². The van der Waals surface area contributed by atoms with E-state index in [0.29, 0.717) is 10.6 Å². The van der Waals surface area contributed by atoms with Gasteiger partial charge < -0.3 is 5.73 Å². The molecular weight excluding hydrogens is 236 g/mol. The van der Waals surface area contributed by atoms with Gasteiger partial charge in [-0.3, -0.25) is 0 Å². The monoisotopic (exact) mass is 254 g/mol. The Kier molecular flexibility index (Phi) is 3.14. The average molecular weight is 254 g/mol. The largest absolute Gasteiger partial charge is 0.398 e. The molecule has 1 saturated carbocycles. The van der Waals surface area contributed by atoms with E-state index in [1.165, 1.54) is 4.31 Å². The second kappa shape index (κ2) is 4.31. The zero-order chi connectivity index (χ0) is 12.6. The SMILES string of the molecule is CCc1ccc(S(=O)(=O)N(C)C2CC2)cc1N. The number of hydrogen-bond donors (Lipinski definition) is 1. The predicted octanol–water partition coefficient (Wildman–Crippen LogP) is 1.61. The lowest BCUT2D eigenvalue weighted by Crippen LogP contribution is -2.29. The normalized spacial score (nSPS) is 16.4. The van der Waals surface area contributed by atoms with Crippen molar-refractivity contribution in [2.45, 2.75) is 37.1 Å². The third-order valence-electron chi connectivity index (χ3n) is 3.24. The first-order valence-corrected chi connectivity index (χ1v) is 7.27. The van der Waals surface area contributed by atoms with Crippen LogP contribution in [0.1, 0.15) is 25.3 Å². The van der Waals surface area contributed by atoms with Crippen molar-refractivity contribution in [3.63, 3.8) is 0 Å². The average Bonchev–Trinajstić information content (AvgIpc) is 3.11. The number of rotatable bonds is 4. The fourth-order valence-corrected chi connectivity index (χ4v) is 3.31. The number of sulfonamides is 1. The minimum Gasteiger partial charge on any atom is -0.398 e. The van der Waals surface area contributed by atoms with Crippen molar-refractivity contribution >= 4 is 15.7 Å². The van der Waals surface area contributed by atoms with Gasteiger partial charge in [-0.25, -0.2) is 8.42 Å². The summed E-state index contributed by atoms with van der Waals surface area (Å²) in [6.45, 7) is 2.00. The highest BCUT2D eigenvalue weighted by molar-refractivity contribution is 7.89. The van der Waals surface area contributed by atoms with Crippen LogP contribution in [-0.2, 0) is 16.4 Å². The Bertz CT molecular complexity index is 521. The minimum absolute atomic E-state index is 0.173. The molecule has 2 rings (SSSR count). The minimum atomic E-state index is -3.37. The van der Waals surface area contributed by atoms with E-state index in [9.17, 15) is 8.42 Å². The van der Waals surface area contributed by atoms with Crippen LogP contribution in [0.15, 0.2) is 23.1 Å². The standard InChI is InChI=1S/C12H18N2O2S/c1-3-9-4-7-11(8-12(9)13)17(15,16)14(2)10-5-6-10/h4,7-8,10H,3,5-6,13H2,1-2H3. The fraction of sp³-hybridized carbons (Fsp3) is 0.500. The fourth-order valence-electron chi connectivity index (χ4n) is 1.86. The maximum Gasteiger partial charge on any atom is 0.243 e. The van der Waals surface area contributed by atoms with Gasteiger partial charge in [0.2, 0.25) is 10.0 Å². The zero-order valence-corrected chi connectivity index (χ0v) is 11.0. The van der Waals surface area contributed by atoms with Crippen LogP contribution in [0, 0.1) is 0 Å². The van der Waals surface area contributed by atoms with Crippen molar-refractivity contribution < 1.29 is 8.42 Å². The zero-order valence-electron chi connectivity index (χ0n) is 10.2. The molecule has 4 nitrogen and oxygen atoms in total. The van der Waals surface area contributed by atoms with Crippen molar-refractivity contribution in [3.8, 4) is 0 Å². The Morgan fingerprint density at radius 2 is 2.06 bits per heavy atom. The third kappa shape index (κ3) is 2.30. The summed E-state index contributed by atoms with van der Waals surface area (Å²) in [5, 5.41) is 0. The Labute approximate surface area is 102 Å². The summed E-state index contributed by atoms with van der Waals surface area (Å²) in [6, 6.07) is 5.17. The first-order chi connectivity index (χ1) is 7.96. The lowest BCUT2D eigenvalue weighted by molar-refractivity contribution is 0.464. The second-order valence-corrected chi connectivity index (χ2v) is 6.46. The number of nitrogens with two attached hydrogens (primary N) is 1. The predicted molar refractivity (Wildman–Crippen MR) is 68.2 cm³/mol. The van der Waals surface area contributed by atoms with Gasteiger partial charge in [0, 0.05) is 18.8 Å². The highest BCUT2D eigenvalue weighted by Gasteiger charge is 2.35. The lowest BCUT2D eigenvalue weighted by atomic mass is 10.1. The van der Waals surface area contributed by atoms with Crippen LogP contribution in [0.4, 0.5) is 5.69 Å². The van der Waals surface area contributed by atoms with Crippen LogP contribution in [0.3, 0.4) is 0 Å². The molecule has 0 aliphatic heterocycles. The number of anilines is 1. The molecule has 94 valence electrons. The van der Waals surface area contributed by atoms with Crippen LogP contribution < -0.4 is 5.73 Å². The van der Waals surface area contributed by atoms with Gasteiger partial charge in [-0.2, -0.15) is 4.31 Å². The molecule has 5 heteroatoms. The summed E-state index contributed by atoms with van der Waals surface area (Å²) in [7, 11) is -1.73. The number of nitrogen functional groups attached to an aromatic ring is 1. The molecule has 0 heterocycles. The van der Waals surface area contributed by atoms with Crippen LogP contribution in [0.25, 0.3) is 0 Å². The molecule has 0 saturated heterocycles. The molecular formula is C12H18N2O2S. The van der Waals surface area contributed by atoms with E-state index < -0.39 is 10.0 Å². The molecule has 0 spiro atoms. The van der Waals surface area contributed by atoms with Gasteiger partial charge in [0.15, 0.2) is 0 Å². The van der Waals surface area contributed by atoms with Crippen LogP contribution in [-0.4, -0.2) is 25.8 Å². The van der Waals surface area contributed by atoms with E-state index in [4.69, 9.17) is 5.73 Å². The van der Waals surface area contributed by atoms with Crippen molar-refractivity contribution in [2.75, 3.05) is 12.8 Å². The summed E-state index contributed by atoms with van der Waals surface area (Å²) in [4.78, 5) is 0.293. The Morgan fingerprint density at radius 1 is 1.41 bits per heavy atom. The van der Waals surface area contributed by atoms with Gasteiger partial charge in [0.1, 0.15) is 0 Å². The highest BCUT2D eigenvalue weighted by atomic mass is 32.2. The summed E-state index contributed by atoms with van der Waals surface area (Å²) in [5.41, 5.74) is 7.38. The molecule has 0 unspecified atom stereocenters. The molecule has 0 bridgehead atoms. The molecule has 17 heavy (non-hydrogen) atoms. The van der Waals surface area contributed by atoms with Crippen molar-refractivity contribution in [1.82, 2.24) is 4.31 Å². The van der Waals surface area contributed by atoms with Crippen LogP contribution >= 0.6 is 0 Å². The summed E-state index contributed by atoms with van der Waals surface area (Å²) >= 11 is 0. The molecule has 0 aromatic heterocycles. The van der Waals surface area contributed by atoms with Gasteiger partial charge in [-0.15, -0.1) is 0 Å². The lowest BCUT2D eigenvalue weighted by Gasteiger charge is -2.17. The van der Waals surface area contributed by atoms with E-state index in [0.717, 1.165) is 24.8 Å². The van der Waals surface area contributed by atoms with Crippen LogP contribution in [0.5, 0.6) is 0 Å². The number of aryl methyl sites for hydroxylation is 1. The van der Waals surface area contributed by atoms with Crippen LogP contribution in [0.2, 0.25) is 0 Å². The smallest absolute Gasteiger partial charge is 0.243 e. The molecule has 1 aliphatic rings. The Balaban J connectivity index is 2.36. The number of nitrogens with zero attached hydrogens (tertiary/aromatic N) is 1. The van der Waals surface area contributed by atoms with Gasteiger partial charge in [-0.1, -0.05) is 13.0 Å². The van der Waals surface area contributed by atoms with Crippen molar-refractivity contribution in [2.24, 2.45) is 0 Å². The van der Waals surface area contributed by atoms with Gasteiger partial charge in [0.05, 0.1) is 4.90 Å². The Hall–Kier alpha value is -1.07. The molecule has 1 fully saturated rings. The summed E-state index contributed by atoms with van der Waals surface area (Å²) in [5.74, 6) is 0. The number of hydrogen-bond acceptors (Lipinski definition) is 3.